The average Bonchev–Trinajstić information content (AvgIpc) is 2.46. The molecule has 0 aliphatic carbocycles. The second-order valence-corrected chi connectivity index (χ2v) is 5.63. The predicted molar refractivity (Wildman–Crippen MR) is 80.4 cm³/mol. The van der Waals surface area contributed by atoms with Gasteiger partial charge in [-0.3, -0.25) is 4.79 Å². The summed E-state index contributed by atoms with van der Waals surface area (Å²) in [5.74, 6) is 0.465. The second kappa shape index (κ2) is 6.57. The molecule has 0 saturated carbocycles. The van der Waals surface area contributed by atoms with Gasteiger partial charge in [0, 0.05) is 30.3 Å². The van der Waals surface area contributed by atoms with E-state index in [2.05, 4.69) is 0 Å². The Balaban J connectivity index is 2.01. The first-order valence-electron chi connectivity index (χ1n) is 6.26. The smallest absolute Gasteiger partial charge is 0.253 e. The van der Waals surface area contributed by atoms with E-state index in [0.29, 0.717) is 16.2 Å². The van der Waals surface area contributed by atoms with Gasteiger partial charge in [-0.2, -0.15) is 0 Å². The van der Waals surface area contributed by atoms with E-state index in [9.17, 15) is 9.18 Å². The van der Waals surface area contributed by atoms with Crippen molar-refractivity contribution in [1.82, 2.24) is 4.90 Å². The molecule has 20 heavy (non-hydrogen) atoms. The molecule has 0 fully saturated rings. The summed E-state index contributed by atoms with van der Waals surface area (Å²) in [6, 6.07) is 14.2. The predicted octanol–water partition coefficient (Wildman–Crippen LogP) is 3.82. The monoisotopic (exact) mass is 289 g/mol. The highest BCUT2D eigenvalue weighted by molar-refractivity contribution is 7.98. The van der Waals surface area contributed by atoms with Gasteiger partial charge in [-0.15, -0.1) is 11.8 Å². The van der Waals surface area contributed by atoms with E-state index in [1.54, 1.807) is 43.3 Å². The van der Waals surface area contributed by atoms with Gasteiger partial charge in [-0.1, -0.05) is 24.3 Å². The van der Waals surface area contributed by atoms with E-state index in [4.69, 9.17) is 0 Å². The lowest BCUT2D eigenvalue weighted by Gasteiger charge is -2.10. The number of thioether (sulfide) groups is 1. The summed E-state index contributed by atoms with van der Waals surface area (Å²) in [4.78, 5) is 13.9. The lowest BCUT2D eigenvalue weighted by atomic mass is 10.1. The fourth-order valence-electron chi connectivity index (χ4n) is 1.72. The third-order valence-electron chi connectivity index (χ3n) is 2.84. The summed E-state index contributed by atoms with van der Waals surface area (Å²) in [7, 11) is 3.45. The molecule has 0 atom stereocenters. The quantitative estimate of drug-likeness (QED) is 0.798. The summed E-state index contributed by atoms with van der Waals surface area (Å²) >= 11 is 1.45. The highest BCUT2D eigenvalue weighted by atomic mass is 32.2. The van der Waals surface area contributed by atoms with Crippen LogP contribution in [0.3, 0.4) is 0 Å². The van der Waals surface area contributed by atoms with Crippen LogP contribution in [0.5, 0.6) is 0 Å². The van der Waals surface area contributed by atoms with Crippen LogP contribution in [-0.4, -0.2) is 24.9 Å². The molecule has 0 N–H and O–H groups in total. The maximum absolute atomic E-state index is 13.5. The van der Waals surface area contributed by atoms with Crippen LogP contribution in [0.15, 0.2) is 53.4 Å². The van der Waals surface area contributed by atoms with Gasteiger partial charge in [-0.25, -0.2) is 4.39 Å². The van der Waals surface area contributed by atoms with Gasteiger partial charge in [0.05, 0.1) is 0 Å². The van der Waals surface area contributed by atoms with Crippen LogP contribution in [-0.2, 0) is 5.75 Å². The Morgan fingerprint density at radius 2 is 1.75 bits per heavy atom. The van der Waals surface area contributed by atoms with Crippen LogP contribution in [0.1, 0.15) is 15.9 Å². The number of carbonyl (C=O) groups is 1. The first kappa shape index (κ1) is 14.6. The Kier molecular flexibility index (Phi) is 4.79. The van der Waals surface area contributed by atoms with Crippen molar-refractivity contribution in [1.29, 1.82) is 0 Å². The SMILES string of the molecule is CN(C)C(=O)c1ccc(CSc2ccccc2F)cc1. The van der Waals surface area contributed by atoms with Crippen molar-refractivity contribution < 1.29 is 9.18 Å². The van der Waals surface area contributed by atoms with Gasteiger partial charge >= 0.3 is 0 Å². The maximum Gasteiger partial charge on any atom is 0.253 e. The summed E-state index contributed by atoms with van der Waals surface area (Å²) in [5, 5.41) is 0. The third-order valence-corrected chi connectivity index (χ3v) is 3.96. The highest BCUT2D eigenvalue weighted by Crippen LogP contribution is 2.25. The largest absolute Gasteiger partial charge is 0.345 e. The maximum atomic E-state index is 13.5. The van der Waals surface area contributed by atoms with E-state index in [-0.39, 0.29) is 11.7 Å². The Labute approximate surface area is 122 Å². The summed E-state index contributed by atoms with van der Waals surface area (Å²) < 4.78 is 13.5. The van der Waals surface area contributed by atoms with Crippen LogP contribution >= 0.6 is 11.8 Å². The van der Waals surface area contributed by atoms with Crippen LogP contribution in [0, 0.1) is 5.82 Å². The minimum Gasteiger partial charge on any atom is -0.345 e. The van der Waals surface area contributed by atoms with E-state index in [0.717, 1.165) is 5.56 Å². The Hall–Kier alpha value is -1.81. The first-order chi connectivity index (χ1) is 9.58. The van der Waals surface area contributed by atoms with Crippen molar-refractivity contribution in [3.8, 4) is 0 Å². The fraction of sp³-hybridized carbons (Fsp3) is 0.188. The summed E-state index contributed by atoms with van der Waals surface area (Å²) in [5.41, 5.74) is 1.73. The number of nitrogens with zero attached hydrogens (tertiary/aromatic N) is 1. The highest BCUT2D eigenvalue weighted by Gasteiger charge is 2.07. The Bertz CT molecular complexity index is 596. The minimum atomic E-state index is -0.197. The molecule has 104 valence electrons. The van der Waals surface area contributed by atoms with Gasteiger partial charge < -0.3 is 4.90 Å². The minimum absolute atomic E-state index is 0.0155. The lowest BCUT2D eigenvalue weighted by molar-refractivity contribution is 0.0827. The van der Waals surface area contributed by atoms with E-state index in [1.165, 1.54) is 17.8 Å². The normalized spacial score (nSPS) is 10.3. The third kappa shape index (κ3) is 3.61. The lowest BCUT2D eigenvalue weighted by Crippen LogP contribution is -2.21. The second-order valence-electron chi connectivity index (χ2n) is 4.62. The van der Waals surface area contributed by atoms with Crippen molar-refractivity contribution in [2.24, 2.45) is 0 Å². The number of hydrogen-bond acceptors (Lipinski definition) is 2. The molecule has 0 radical (unpaired) electrons. The van der Waals surface area contributed by atoms with Crippen LogP contribution in [0.2, 0.25) is 0 Å². The molecule has 0 aliphatic rings. The van der Waals surface area contributed by atoms with Crippen LogP contribution in [0.4, 0.5) is 4.39 Å². The molecule has 0 heterocycles. The molecule has 2 aromatic rings. The van der Waals surface area contributed by atoms with Gasteiger partial charge in [-0.05, 0) is 29.8 Å². The molecule has 2 aromatic carbocycles. The van der Waals surface area contributed by atoms with Crippen LogP contribution < -0.4 is 0 Å². The Morgan fingerprint density at radius 1 is 1.10 bits per heavy atom. The number of amides is 1. The number of hydrogen-bond donors (Lipinski definition) is 0. The number of halogens is 1. The molecule has 2 rings (SSSR count). The van der Waals surface area contributed by atoms with E-state index >= 15 is 0 Å². The summed E-state index contributed by atoms with van der Waals surface area (Å²) in [6.07, 6.45) is 0. The molecule has 2 nitrogen and oxygen atoms in total. The van der Waals surface area contributed by atoms with Crippen molar-refractivity contribution in [2.75, 3.05) is 14.1 Å². The Morgan fingerprint density at radius 3 is 2.35 bits per heavy atom. The number of carbonyl (C=O) groups excluding carboxylic acids is 1. The molecule has 4 heteroatoms. The van der Waals surface area contributed by atoms with Gasteiger partial charge in [0.1, 0.15) is 5.82 Å². The zero-order valence-electron chi connectivity index (χ0n) is 11.5. The summed E-state index contributed by atoms with van der Waals surface area (Å²) in [6.45, 7) is 0. The number of rotatable bonds is 4. The zero-order valence-corrected chi connectivity index (χ0v) is 12.3. The molecule has 0 bridgehead atoms. The molecular weight excluding hydrogens is 273 g/mol. The standard InChI is InChI=1S/C16H16FNOS/c1-18(2)16(19)13-9-7-12(8-10-13)11-20-15-6-4-3-5-14(15)17/h3-10H,11H2,1-2H3. The van der Waals surface area contributed by atoms with E-state index in [1.807, 2.05) is 18.2 Å². The molecule has 0 spiro atoms. The van der Waals surface area contributed by atoms with Crippen LogP contribution in [0.25, 0.3) is 0 Å². The number of benzene rings is 2. The van der Waals surface area contributed by atoms with E-state index < -0.39 is 0 Å². The zero-order chi connectivity index (χ0) is 14.5. The van der Waals surface area contributed by atoms with Crippen molar-refractivity contribution >= 4 is 17.7 Å². The molecule has 0 unspecified atom stereocenters. The molecule has 0 saturated heterocycles. The molecule has 0 aliphatic heterocycles. The van der Waals surface area contributed by atoms with Gasteiger partial charge in [0.2, 0.25) is 0 Å². The molecule has 1 amide bonds. The topological polar surface area (TPSA) is 20.3 Å². The van der Waals surface area contributed by atoms with Crippen molar-refractivity contribution in [3.05, 3.63) is 65.5 Å². The average molecular weight is 289 g/mol. The van der Waals surface area contributed by atoms with Crippen molar-refractivity contribution in [3.63, 3.8) is 0 Å². The first-order valence-corrected chi connectivity index (χ1v) is 7.24. The fourth-order valence-corrected chi connectivity index (χ4v) is 2.62. The molecular formula is C16H16FNOS. The van der Waals surface area contributed by atoms with Gasteiger partial charge in [0.25, 0.3) is 5.91 Å². The van der Waals surface area contributed by atoms with Crippen molar-refractivity contribution in [2.45, 2.75) is 10.6 Å². The molecule has 0 aromatic heterocycles. The van der Waals surface area contributed by atoms with Gasteiger partial charge in [0.15, 0.2) is 0 Å².